The zero-order valence-corrected chi connectivity index (χ0v) is 17.5. The van der Waals surface area contributed by atoms with E-state index in [1.165, 1.54) is 12.1 Å². The number of hydrogen-bond donors (Lipinski definition) is 2. The number of aromatic nitrogens is 4. The molecule has 1 fully saturated rings. The lowest BCUT2D eigenvalue weighted by atomic mass is 9.99. The van der Waals surface area contributed by atoms with Crippen molar-refractivity contribution in [2.75, 3.05) is 32.1 Å². The average molecular weight is 423 g/mol. The first-order valence-electron chi connectivity index (χ1n) is 10.2. The zero-order chi connectivity index (χ0) is 21.8. The molecule has 0 spiro atoms. The summed E-state index contributed by atoms with van der Waals surface area (Å²) in [6, 6.07) is 16.3. The van der Waals surface area contributed by atoms with Crippen LogP contribution in [0.25, 0.3) is 16.7 Å². The van der Waals surface area contributed by atoms with E-state index < -0.39 is 0 Å². The van der Waals surface area contributed by atoms with Crippen LogP contribution in [0, 0.1) is 5.82 Å². The van der Waals surface area contributed by atoms with E-state index in [2.05, 4.69) is 20.3 Å². The molecule has 2 aromatic heterocycles. The Morgan fingerprint density at radius 3 is 2.55 bits per heavy atom. The van der Waals surface area contributed by atoms with E-state index in [1.807, 2.05) is 56.6 Å². The Bertz CT molecular complexity index is 1210. The maximum atomic E-state index is 13.2. The molecule has 0 aliphatic carbocycles. The Labute approximate surface area is 181 Å². The number of nitrogens with one attached hydrogen (secondary N) is 2. The molecule has 0 radical (unpaired) electrons. The second-order valence-electron chi connectivity index (χ2n) is 7.50. The smallest absolute Gasteiger partial charge is 0.263 e. The third-order valence-corrected chi connectivity index (χ3v) is 5.26. The fraction of sp³-hybridized carbons (Fsp3) is 0.261. The monoisotopic (exact) mass is 422 g/mol. The Kier molecular flexibility index (Phi) is 6.08. The summed E-state index contributed by atoms with van der Waals surface area (Å²) >= 11 is 0. The highest BCUT2D eigenvalue weighted by molar-refractivity contribution is 5.76. The van der Waals surface area contributed by atoms with E-state index >= 15 is 0 Å². The van der Waals surface area contributed by atoms with E-state index in [9.17, 15) is 9.18 Å². The quantitative estimate of drug-likeness (QED) is 0.530. The van der Waals surface area contributed by atoms with Gasteiger partial charge in [0.25, 0.3) is 5.56 Å². The number of rotatable bonds is 3. The van der Waals surface area contributed by atoms with Crippen molar-refractivity contribution in [1.82, 2.24) is 25.1 Å². The fourth-order valence-corrected chi connectivity index (χ4v) is 3.77. The van der Waals surface area contributed by atoms with Crippen molar-refractivity contribution in [2.45, 2.75) is 12.3 Å². The van der Waals surface area contributed by atoms with Gasteiger partial charge in [-0.2, -0.15) is 10.1 Å². The number of fused-ring (bicyclic) bond motifs is 1. The van der Waals surface area contributed by atoms with Crippen LogP contribution in [0.3, 0.4) is 0 Å². The molecule has 4 aromatic rings. The molecule has 8 heteroatoms. The van der Waals surface area contributed by atoms with Crippen LogP contribution in [-0.4, -0.2) is 46.9 Å². The third-order valence-electron chi connectivity index (χ3n) is 5.26. The molecular weight excluding hydrogens is 395 g/mol. The van der Waals surface area contributed by atoms with Gasteiger partial charge in [-0.3, -0.25) is 9.78 Å². The van der Waals surface area contributed by atoms with Crippen LogP contribution in [0.5, 0.6) is 0 Å². The summed E-state index contributed by atoms with van der Waals surface area (Å²) in [4.78, 5) is 22.2. The van der Waals surface area contributed by atoms with Crippen molar-refractivity contribution in [1.29, 1.82) is 0 Å². The lowest BCUT2D eigenvalue weighted by molar-refractivity contribution is 0.625. The summed E-state index contributed by atoms with van der Waals surface area (Å²) in [6.07, 6.45) is 2.47. The normalized spacial score (nSPS) is 15.7. The van der Waals surface area contributed by atoms with Gasteiger partial charge in [-0.05, 0) is 50.3 Å². The highest BCUT2D eigenvalue weighted by Gasteiger charge is 2.26. The summed E-state index contributed by atoms with van der Waals surface area (Å²) < 4.78 is 14.9. The molecule has 2 aromatic carbocycles. The van der Waals surface area contributed by atoms with Crippen LogP contribution in [-0.2, 0) is 0 Å². The van der Waals surface area contributed by atoms with Gasteiger partial charge in [0, 0.05) is 20.4 Å². The van der Waals surface area contributed by atoms with Gasteiger partial charge in [-0.1, -0.05) is 30.3 Å². The number of benzene rings is 2. The van der Waals surface area contributed by atoms with Crippen LogP contribution < -0.4 is 15.8 Å². The van der Waals surface area contributed by atoms with Gasteiger partial charge >= 0.3 is 0 Å². The first-order valence-corrected chi connectivity index (χ1v) is 10.2. The van der Waals surface area contributed by atoms with Crippen molar-refractivity contribution in [3.05, 3.63) is 82.5 Å². The Morgan fingerprint density at radius 2 is 1.84 bits per heavy atom. The minimum Gasteiger partial charge on any atom is -0.342 e. The van der Waals surface area contributed by atoms with Gasteiger partial charge in [-0.15, -0.1) is 0 Å². The fourth-order valence-electron chi connectivity index (χ4n) is 3.77. The molecule has 0 bridgehead atoms. The summed E-state index contributed by atoms with van der Waals surface area (Å²) in [5.74, 6) is 0.588. The third kappa shape index (κ3) is 4.34. The van der Waals surface area contributed by atoms with E-state index in [1.54, 1.807) is 10.9 Å². The van der Waals surface area contributed by atoms with Crippen LogP contribution in [0.2, 0.25) is 0 Å². The molecule has 2 N–H and O–H groups in total. The zero-order valence-electron chi connectivity index (χ0n) is 17.5. The molecule has 1 aliphatic rings. The van der Waals surface area contributed by atoms with E-state index in [4.69, 9.17) is 4.98 Å². The molecular formula is C23H27FN6O. The highest BCUT2D eigenvalue weighted by Crippen LogP contribution is 2.29. The predicted octanol–water partition coefficient (Wildman–Crippen LogP) is 3.32. The van der Waals surface area contributed by atoms with E-state index in [-0.39, 0.29) is 18.7 Å². The summed E-state index contributed by atoms with van der Waals surface area (Å²) in [5, 5.41) is 7.56. The average Bonchev–Trinajstić information content (AvgIpc) is 3.43. The van der Waals surface area contributed by atoms with Crippen LogP contribution in [0.1, 0.15) is 19.3 Å². The predicted molar refractivity (Wildman–Crippen MR) is 123 cm³/mol. The number of halogens is 1. The maximum absolute atomic E-state index is 13.2. The number of H-pyrrole nitrogens is 1. The lowest BCUT2D eigenvalue weighted by Gasteiger charge is -2.17. The van der Waals surface area contributed by atoms with Crippen molar-refractivity contribution in [3.63, 3.8) is 0 Å². The standard InChI is InChI=1S/C21H18FN5O.C2H7N.H2/c22-16-8-6-14(7-9-16)15-10-11-26(13-15)21-24-19-18(20(28)25-21)12-23-27(19)17-4-2-1-3-5-17;1-3-2;/h1-9,12,15H,10-11,13H2,(H,24,25,28);3H,1-2H3;1H/t15-;;/m0../s1. The first kappa shape index (κ1) is 20.7. The molecule has 1 saturated heterocycles. The first-order chi connectivity index (χ1) is 15.1. The number of aromatic amines is 1. The summed E-state index contributed by atoms with van der Waals surface area (Å²) in [5.41, 5.74) is 2.29. The van der Waals surface area contributed by atoms with E-state index in [0.717, 1.165) is 30.8 Å². The van der Waals surface area contributed by atoms with Crippen molar-refractivity contribution < 1.29 is 5.82 Å². The SMILES string of the molecule is CNC.O=c1[nH]c(N2CC[C@H](c3ccc(F)cc3)C2)nc2c1cnn2-c1ccccc1.[HH]. The second-order valence-corrected chi connectivity index (χ2v) is 7.50. The van der Waals surface area contributed by atoms with Crippen LogP contribution >= 0.6 is 0 Å². The van der Waals surface area contributed by atoms with Gasteiger partial charge in [-0.25, -0.2) is 9.07 Å². The minimum atomic E-state index is -0.232. The van der Waals surface area contributed by atoms with Gasteiger partial charge in [0.05, 0.1) is 11.9 Å². The largest absolute Gasteiger partial charge is 0.342 e. The van der Waals surface area contributed by atoms with Crippen LogP contribution in [0.4, 0.5) is 10.3 Å². The van der Waals surface area contributed by atoms with Gasteiger partial charge < -0.3 is 10.2 Å². The van der Waals surface area contributed by atoms with Gasteiger partial charge in [0.2, 0.25) is 5.95 Å². The molecule has 31 heavy (non-hydrogen) atoms. The molecule has 1 atom stereocenters. The molecule has 0 saturated carbocycles. The minimum absolute atomic E-state index is 0. The number of hydrogen-bond acceptors (Lipinski definition) is 5. The molecule has 1 aliphatic heterocycles. The Hall–Kier alpha value is -3.52. The highest BCUT2D eigenvalue weighted by atomic mass is 19.1. The molecule has 0 amide bonds. The Morgan fingerprint density at radius 1 is 1.13 bits per heavy atom. The topological polar surface area (TPSA) is 78.8 Å². The maximum Gasteiger partial charge on any atom is 0.263 e. The number of nitrogens with zero attached hydrogens (tertiary/aromatic N) is 4. The van der Waals surface area contributed by atoms with Crippen LogP contribution in [0.15, 0.2) is 65.6 Å². The van der Waals surface area contributed by atoms with Crippen molar-refractivity contribution >= 4 is 17.0 Å². The second kappa shape index (κ2) is 9.09. The number of anilines is 1. The number of para-hydroxylation sites is 1. The van der Waals surface area contributed by atoms with Crippen molar-refractivity contribution in [3.8, 4) is 5.69 Å². The van der Waals surface area contributed by atoms with E-state index in [0.29, 0.717) is 17.0 Å². The van der Waals surface area contributed by atoms with Crippen molar-refractivity contribution in [2.24, 2.45) is 0 Å². The molecule has 3 heterocycles. The summed E-state index contributed by atoms with van der Waals surface area (Å²) in [6.45, 7) is 1.50. The Balaban J connectivity index is 0.000000686. The lowest BCUT2D eigenvalue weighted by Crippen LogP contribution is -2.25. The molecule has 162 valence electrons. The molecule has 0 unspecified atom stereocenters. The summed E-state index contributed by atoms with van der Waals surface area (Å²) in [7, 11) is 3.75. The van der Waals surface area contributed by atoms with Gasteiger partial charge in [0.15, 0.2) is 5.65 Å². The molecule has 5 rings (SSSR count). The molecule has 7 nitrogen and oxygen atoms in total. The van der Waals surface area contributed by atoms with Gasteiger partial charge in [0.1, 0.15) is 11.2 Å².